The molecule has 0 spiro atoms. The molecule has 2 aliphatic rings. The Morgan fingerprint density at radius 3 is 2.26 bits per heavy atom. The second kappa shape index (κ2) is 10.0. The van der Waals surface area contributed by atoms with Crippen LogP contribution in [0.2, 0.25) is 0 Å². The van der Waals surface area contributed by atoms with Gasteiger partial charge in [0.2, 0.25) is 0 Å². The van der Waals surface area contributed by atoms with E-state index < -0.39 is 9.84 Å². The van der Waals surface area contributed by atoms with Crippen molar-refractivity contribution in [3.8, 4) is 0 Å². The Labute approximate surface area is 188 Å². The summed E-state index contributed by atoms with van der Waals surface area (Å²) < 4.78 is 30.2. The Bertz CT molecular complexity index is 862. The average Bonchev–Trinajstić information content (AvgIpc) is 2.67. The lowest BCUT2D eigenvalue weighted by atomic mass is 9.79. The van der Waals surface area contributed by atoms with Gasteiger partial charge in [0, 0.05) is 31.1 Å². The van der Waals surface area contributed by atoms with Gasteiger partial charge >= 0.3 is 0 Å². The van der Waals surface area contributed by atoms with Crippen molar-refractivity contribution in [3.63, 3.8) is 0 Å². The third kappa shape index (κ3) is 6.32. The number of ketones is 1. The molecule has 174 valence electrons. The van der Waals surface area contributed by atoms with E-state index in [0.29, 0.717) is 12.2 Å². The minimum absolute atomic E-state index is 0.0685. The molecule has 1 aliphatic heterocycles. The smallest absolute Gasteiger partial charge is 0.152 e. The number of carbonyl (C=O) groups excluding carboxylic acids is 1. The molecule has 0 aromatic heterocycles. The Morgan fingerprint density at radius 2 is 1.71 bits per heavy atom. The number of anilines is 1. The van der Waals surface area contributed by atoms with Crippen molar-refractivity contribution in [1.29, 1.82) is 0 Å². The van der Waals surface area contributed by atoms with Gasteiger partial charge in [-0.15, -0.1) is 0 Å². The Balaban J connectivity index is 1.55. The molecule has 0 N–H and O–H groups in total. The lowest BCUT2D eigenvalue weighted by Gasteiger charge is -2.37. The fourth-order valence-corrected chi connectivity index (χ4v) is 6.45. The molecule has 1 heterocycles. The van der Waals surface area contributed by atoms with Gasteiger partial charge in [0.25, 0.3) is 0 Å². The highest BCUT2D eigenvalue weighted by atomic mass is 32.2. The lowest BCUT2D eigenvalue weighted by Crippen LogP contribution is -2.45. The van der Waals surface area contributed by atoms with E-state index in [1.807, 2.05) is 0 Å². The molecule has 1 saturated carbocycles. The van der Waals surface area contributed by atoms with Crippen LogP contribution < -0.4 is 4.90 Å². The summed E-state index contributed by atoms with van der Waals surface area (Å²) in [6, 6.07) is 6.39. The maximum atomic E-state index is 12.9. The van der Waals surface area contributed by atoms with Gasteiger partial charge in [-0.3, -0.25) is 4.79 Å². The number of sulfone groups is 1. The van der Waals surface area contributed by atoms with E-state index >= 15 is 0 Å². The summed E-state index contributed by atoms with van der Waals surface area (Å²) >= 11 is 0. The number of aryl methyl sites for hydroxylation is 1. The van der Waals surface area contributed by atoms with E-state index in [1.54, 1.807) is 13.8 Å². The molecule has 0 bridgehead atoms. The molecule has 6 heteroatoms. The molecular weight excluding hydrogens is 410 g/mol. The number of nitrogens with zero attached hydrogens (tertiary/aromatic N) is 1. The van der Waals surface area contributed by atoms with Gasteiger partial charge in [-0.1, -0.05) is 12.1 Å². The van der Waals surface area contributed by atoms with Crippen LogP contribution in [0.3, 0.4) is 0 Å². The van der Waals surface area contributed by atoms with Gasteiger partial charge in [-0.05, 0) is 83.4 Å². The van der Waals surface area contributed by atoms with Crippen LogP contribution in [0.5, 0.6) is 0 Å². The summed E-state index contributed by atoms with van der Waals surface area (Å²) in [6.45, 7) is 11.6. The van der Waals surface area contributed by atoms with Crippen molar-refractivity contribution in [3.05, 3.63) is 29.3 Å². The molecular formula is C25H39NO4S. The second-order valence-corrected chi connectivity index (χ2v) is 12.6. The highest BCUT2D eigenvalue weighted by molar-refractivity contribution is 7.91. The van der Waals surface area contributed by atoms with Gasteiger partial charge in [-0.2, -0.15) is 0 Å². The lowest BCUT2D eigenvalue weighted by molar-refractivity contribution is -0.123. The molecule has 2 atom stereocenters. The maximum absolute atomic E-state index is 12.9. The molecule has 0 amide bonds. The SMILES string of the molecule is Cc1cc(CC(=O)C2CCC(CS(=O)(=O)C(C)C)CC2)ccc1N1C[C@@H](C)O[C@@H](C)C1. The van der Waals surface area contributed by atoms with E-state index in [4.69, 9.17) is 4.74 Å². The van der Waals surface area contributed by atoms with Crippen LogP contribution in [0.15, 0.2) is 18.2 Å². The number of morpholine rings is 1. The van der Waals surface area contributed by atoms with Crippen LogP contribution in [-0.4, -0.2) is 50.5 Å². The quantitative estimate of drug-likeness (QED) is 0.619. The van der Waals surface area contributed by atoms with Crippen LogP contribution in [0, 0.1) is 18.8 Å². The fraction of sp³-hybridized carbons (Fsp3) is 0.720. The summed E-state index contributed by atoms with van der Waals surface area (Å²) in [4.78, 5) is 15.3. The summed E-state index contributed by atoms with van der Waals surface area (Å²) in [5.74, 6) is 0.839. The third-order valence-electron chi connectivity index (χ3n) is 6.89. The van der Waals surface area contributed by atoms with Crippen molar-refractivity contribution in [1.82, 2.24) is 0 Å². The fourth-order valence-electron chi connectivity index (χ4n) is 5.07. The Hall–Kier alpha value is -1.40. The first kappa shape index (κ1) is 24.2. The number of carbonyl (C=O) groups is 1. The molecule has 1 aliphatic carbocycles. The van der Waals surface area contributed by atoms with E-state index in [0.717, 1.165) is 44.3 Å². The topological polar surface area (TPSA) is 63.7 Å². The molecule has 1 aromatic carbocycles. The van der Waals surface area contributed by atoms with Crippen LogP contribution in [0.25, 0.3) is 0 Å². The van der Waals surface area contributed by atoms with Gasteiger partial charge in [0.15, 0.2) is 9.84 Å². The normalized spacial score (nSPS) is 27.5. The predicted molar refractivity (Wildman–Crippen MR) is 126 cm³/mol. The number of hydrogen-bond donors (Lipinski definition) is 0. The van der Waals surface area contributed by atoms with Gasteiger partial charge in [0.05, 0.1) is 23.2 Å². The molecule has 0 radical (unpaired) electrons. The molecule has 0 unspecified atom stereocenters. The van der Waals surface area contributed by atoms with Gasteiger partial charge < -0.3 is 9.64 Å². The Morgan fingerprint density at radius 1 is 1.10 bits per heavy atom. The minimum Gasteiger partial charge on any atom is -0.372 e. The second-order valence-electron chi connectivity index (χ2n) is 10.0. The van der Waals surface area contributed by atoms with Crippen LogP contribution >= 0.6 is 0 Å². The zero-order valence-electron chi connectivity index (χ0n) is 19.8. The van der Waals surface area contributed by atoms with E-state index in [1.165, 1.54) is 11.3 Å². The highest BCUT2D eigenvalue weighted by Gasteiger charge is 2.30. The molecule has 31 heavy (non-hydrogen) atoms. The Kier molecular flexibility index (Phi) is 7.85. The van der Waals surface area contributed by atoms with Crippen molar-refractivity contribution in [2.45, 2.75) is 84.2 Å². The van der Waals surface area contributed by atoms with E-state index in [2.05, 4.69) is 43.9 Å². The summed E-state index contributed by atoms with van der Waals surface area (Å²) in [5, 5.41) is -0.318. The number of rotatable bonds is 7. The van der Waals surface area contributed by atoms with Crippen molar-refractivity contribution in [2.75, 3.05) is 23.7 Å². The van der Waals surface area contributed by atoms with Gasteiger partial charge in [0.1, 0.15) is 5.78 Å². The monoisotopic (exact) mass is 449 g/mol. The summed E-state index contributed by atoms with van der Waals surface area (Å²) in [7, 11) is -3.01. The average molecular weight is 450 g/mol. The molecule has 1 saturated heterocycles. The standard InChI is InChI=1S/C25H39NO4S/c1-17(2)31(28,29)16-21-6-9-23(10-7-21)25(27)13-22-8-11-24(18(3)12-22)26-14-19(4)30-20(5)15-26/h8,11-12,17,19-21,23H,6-7,9-10,13-16H2,1-5H3/t19-,20+,21?,23?. The minimum atomic E-state index is -3.01. The van der Waals surface area contributed by atoms with Crippen LogP contribution in [-0.2, 0) is 25.8 Å². The van der Waals surface area contributed by atoms with Crippen LogP contribution in [0.1, 0.15) is 64.5 Å². The number of Topliss-reactive ketones (excluding diaryl/α,β-unsaturated/α-hetero) is 1. The van der Waals surface area contributed by atoms with Crippen LogP contribution in [0.4, 0.5) is 5.69 Å². The van der Waals surface area contributed by atoms with E-state index in [9.17, 15) is 13.2 Å². The first-order valence-corrected chi connectivity index (χ1v) is 13.5. The molecule has 2 fully saturated rings. The van der Waals surface area contributed by atoms with E-state index in [-0.39, 0.29) is 35.0 Å². The zero-order valence-corrected chi connectivity index (χ0v) is 20.6. The largest absolute Gasteiger partial charge is 0.372 e. The molecule has 3 rings (SSSR count). The first-order chi connectivity index (χ1) is 14.5. The van der Waals surface area contributed by atoms with Gasteiger partial charge in [-0.25, -0.2) is 8.42 Å². The van der Waals surface area contributed by atoms with Crippen molar-refractivity contribution in [2.24, 2.45) is 11.8 Å². The zero-order chi connectivity index (χ0) is 22.8. The molecule has 5 nitrogen and oxygen atoms in total. The summed E-state index contributed by atoms with van der Waals surface area (Å²) in [6.07, 6.45) is 4.22. The summed E-state index contributed by atoms with van der Waals surface area (Å²) in [5.41, 5.74) is 3.50. The van der Waals surface area contributed by atoms with Crippen molar-refractivity contribution < 1.29 is 17.9 Å². The maximum Gasteiger partial charge on any atom is 0.152 e. The first-order valence-electron chi connectivity index (χ1n) is 11.8. The van der Waals surface area contributed by atoms with Crippen molar-refractivity contribution >= 4 is 21.3 Å². The number of benzene rings is 1. The predicted octanol–water partition coefficient (Wildman–Crippen LogP) is 4.35. The number of hydrogen-bond acceptors (Lipinski definition) is 5. The third-order valence-corrected chi connectivity index (χ3v) is 9.26. The molecule has 1 aromatic rings. The highest BCUT2D eigenvalue weighted by Crippen LogP contribution is 2.32. The number of ether oxygens (including phenoxy) is 1.